The van der Waals surface area contributed by atoms with E-state index in [-0.39, 0.29) is 16.9 Å². The highest BCUT2D eigenvalue weighted by Gasteiger charge is 2.18. The monoisotopic (exact) mass is 237 g/mol. The molecule has 0 heterocycles. The smallest absolute Gasteiger partial charge is 0.254 e. The molecule has 1 aromatic rings. The molecule has 1 amide bonds. The second kappa shape index (κ2) is 5.30. The Morgan fingerprint density at radius 2 is 2.06 bits per heavy atom. The van der Waals surface area contributed by atoms with Crippen LogP contribution in [0.5, 0.6) is 0 Å². The summed E-state index contributed by atoms with van der Waals surface area (Å²) in [7, 11) is 0. The number of rotatable bonds is 4. The van der Waals surface area contributed by atoms with Gasteiger partial charge in [-0.15, -0.1) is 0 Å². The van der Waals surface area contributed by atoms with Crippen molar-refractivity contribution in [3.05, 3.63) is 35.1 Å². The van der Waals surface area contributed by atoms with E-state index in [2.05, 4.69) is 26.1 Å². The van der Waals surface area contributed by atoms with Crippen LogP contribution in [0.2, 0.25) is 0 Å². The van der Waals surface area contributed by atoms with Crippen LogP contribution in [0.3, 0.4) is 0 Å². The third-order valence-corrected chi connectivity index (χ3v) is 3.05. The molecule has 1 aromatic carbocycles. The van der Waals surface area contributed by atoms with Gasteiger partial charge in [-0.2, -0.15) is 0 Å². The van der Waals surface area contributed by atoms with Gasteiger partial charge in [-0.05, 0) is 36.5 Å². The van der Waals surface area contributed by atoms with E-state index < -0.39 is 5.82 Å². The largest absolute Gasteiger partial charge is 0.351 e. The van der Waals surface area contributed by atoms with Gasteiger partial charge in [0.1, 0.15) is 5.82 Å². The summed E-state index contributed by atoms with van der Waals surface area (Å²) in [6.07, 6.45) is 0.962. The average Bonchev–Trinajstić information content (AvgIpc) is 2.26. The Kier molecular flexibility index (Phi) is 4.27. The Bertz CT molecular complexity index is 413. The van der Waals surface area contributed by atoms with Gasteiger partial charge in [-0.1, -0.05) is 26.8 Å². The second-order valence-electron chi connectivity index (χ2n) is 5.18. The van der Waals surface area contributed by atoms with Crippen LogP contribution >= 0.6 is 0 Å². The van der Waals surface area contributed by atoms with E-state index in [4.69, 9.17) is 0 Å². The van der Waals surface area contributed by atoms with Crippen LogP contribution in [-0.4, -0.2) is 12.5 Å². The van der Waals surface area contributed by atoms with Crippen molar-refractivity contribution in [1.29, 1.82) is 0 Å². The van der Waals surface area contributed by atoms with E-state index >= 15 is 0 Å². The zero-order valence-electron chi connectivity index (χ0n) is 10.9. The molecule has 0 aliphatic rings. The van der Waals surface area contributed by atoms with Gasteiger partial charge in [0.25, 0.3) is 5.91 Å². The van der Waals surface area contributed by atoms with Gasteiger partial charge in [0.15, 0.2) is 0 Å². The van der Waals surface area contributed by atoms with E-state index in [0.717, 1.165) is 12.0 Å². The molecule has 0 atom stereocenters. The standard InChI is InChI=1S/C14H20FNO/c1-5-14(3,4)9-16-13(17)11-7-6-10(2)8-12(11)15/h6-8H,5,9H2,1-4H3,(H,16,17). The number of benzene rings is 1. The lowest BCUT2D eigenvalue weighted by atomic mass is 9.90. The zero-order valence-corrected chi connectivity index (χ0v) is 10.9. The zero-order chi connectivity index (χ0) is 13.1. The lowest BCUT2D eigenvalue weighted by molar-refractivity contribution is 0.0931. The first-order chi connectivity index (χ1) is 7.85. The maximum atomic E-state index is 13.5. The molecule has 3 heteroatoms. The lowest BCUT2D eigenvalue weighted by Gasteiger charge is -2.22. The topological polar surface area (TPSA) is 29.1 Å². The van der Waals surface area contributed by atoms with E-state index in [0.29, 0.717) is 6.54 Å². The van der Waals surface area contributed by atoms with Crippen molar-refractivity contribution in [2.24, 2.45) is 5.41 Å². The molecule has 0 aliphatic heterocycles. The number of carbonyl (C=O) groups excluding carboxylic acids is 1. The summed E-state index contributed by atoms with van der Waals surface area (Å²) in [5, 5.41) is 2.77. The number of hydrogen-bond donors (Lipinski definition) is 1. The predicted octanol–water partition coefficient (Wildman–Crippen LogP) is 3.30. The molecule has 0 bridgehead atoms. The molecule has 2 nitrogen and oxygen atoms in total. The molecular formula is C14H20FNO. The molecule has 0 unspecified atom stereocenters. The summed E-state index contributed by atoms with van der Waals surface area (Å²) >= 11 is 0. The molecular weight excluding hydrogens is 217 g/mol. The fourth-order valence-electron chi connectivity index (χ4n) is 1.34. The molecule has 94 valence electrons. The molecule has 0 aromatic heterocycles. The Labute approximate surface area is 102 Å². The summed E-state index contributed by atoms with van der Waals surface area (Å²) < 4.78 is 13.5. The summed E-state index contributed by atoms with van der Waals surface area (Å²) in [6.45, 7) is 8.55. The Balaban J connectivity index is 2.71. The number of aryl methyl sites for hydroxylation is 1. The normalized spacial score (nSPS) is 11.4. The minimum Gasteiger partial charge on any atom is -0.351 e. The highest BCUT2D eigenvalue weighted by Crippen LogP contribution is 2.18. The molecule has 0 aliphatic carbocycles. The number of hydrogen-bond acceptors (Lipinski definition) is 1. The van der Waals surface area contributed by atoms with Gasteiger partial charge in [0.2, 0.25) is 0 Å². The summed E-state index contributed by atoms with van der Waals surface area (Å²) in [5.41, 5.74) is 0.965. The quantitative estimate of drug-likeness (QED) is 0.855. The maximum Gasteiger partial charge on any atom is 0.254 e. The van der Waals surface area contributed by atoms with Gasteiger partial charge in [0, 0.05) is 6.54 Å². The molecule has 0 radical (unpaired) electrons. The van der Waals surface area contributed by atoms with E-state index in [1.165, 1.54) is 12.1 Å². The summed E-state index contributed by atoms with van der Waals surface area (Å²) in [5.74, 6) is -0.805. The number of nitrogens with one attached hydrogen (secondary N) is 1. The van der Waals surface area contributed by atoms with Crippen molar-refractivity contribution in [2.45, 2.75) is 34.1 Å². The highest BCUT2D eigenvalue weighted by atomic mass is 19.1. The van der Waals surface area contributed by atoms with Crippen LogP contribution in [0.4, 0.5) is 4.39 Å². The summed E-state index contributed by atoms with van der Waals surface area (Å²) in [4.78, 5) is 11.8. The van der Waals surface area contributed by atoms with Gasteiger partial charge in [0.05, 0.1) is 5.56 Å². The third kappa shape index (κ3) is 3.84. The first kappa shape index (κ1) is 13.7. The molecule has 0 saturated heterocycles. The van der Waals surface area contributed by atoms with Crippen molar-refractivity contribution in [3.63, 3.8) is 0 Å². The van der Waals surface area contributed by atoms with Crippen molar-refractivity contribution in [1.82, 2.24) is 5.32 Å². The Hall–Kier alpha value is -1.38. The molecule has 1 rings (SSSR count). The van der Waals surface area contributed by atoms with Crippen LogP contribution in [0.15, 0.2) is 18.2 Å². The van der Waals surface area contributed by atoms with E-state index in [9.17, 15) is 9.18 Å². The van der Waals surface area contributed by atoms with Gasteiger partial charge < -0.3 is 5.32 Å². The van der Waals surface area contributed by atoms with Crippen LogP contribution in [0.25, 0.3) is 0 Å². The molecule has 1 N–H and O–H groups in total. The average molecular weight is 237 g/mol. The maximum absolute atomic E-state index is 13.5. The molecule has 0 fully saturated rings. The SMILES string of the molecule is CCC(C)(C)CNC(=O)c1ccc(C)cc1F. The molecule has 0 saturated carbocycles. The highest BCUT2D eigenvalue weighted by molar-refractivity contribution is 5.94. The number of halogens is 1. The van der Waals surface area contributed by atoms with Crippen LogP contribution in [0, 0.1) is 18.2 Å². The predicted molar refractivity (Wildman–Crippen MR) is 67.5 cm³/mol. The van der Waals surface area contributed by atoms with E-state index in [1.54, 1.807) is 13.0 Å². The third-order valence-electron chi connectivity index (χ3n) is 3.05. The Morgan fingerprint density at radius 1 is 1.41 bits per heavy atom. The van der Waals surface area contributed by atoms with E-state index in [1.807, 2.05) is 0 Å². The fourth-order valence-corrected chi connectivity index (χ4v) is 1.34. The van der Waals surface area contributed by atoms with Gasteiger partial charge >= 0.3 is 0 Å². The van der Waals surface area contributed by atoms with Crippen LogP contribution in [-0.2, 0) is 0 Å². The Morgan fingerprint density at radius 3 is 2.59 bits per heavy atom. The van der Waals surface area contributed by atoms with Crippen molar-refractivity contribution < 1.29 is 9.18 Å². The molecule has 17 heavy (non-hydrogen) atoms. The van der Waals surface area contributed by atoms with Gasteiger partial charge in [-0.25, -0.2) is 4.39 Å². The number of amides is 1. The lowest BCUT2D eigenvalue weighted by Crippen LogP contribution is -2.34. The van der Waals surface area contributed by atoms with Crippen molar-refractivity contribution in [2.75, 3.05) is 6.54 Å². The van der Waals surface area contributed by atoms with Crippen molar-refractivity contribution in [3.8, 4) is 0 Å². The molecule has 0 spiro atoms. The van der Waals surface area contributed by atoms with Crippen molar-refractivity contribution >= 4 is 5.91 Å². The first-order valence-electron chi connectivity index (χ1n) is 5.90. The fraction of sp³-hybridized carbons (Fsp3) is 0.500. The van der Waals surface area contributed by atoms with Gasteiger partial charge in [-0.3, -0.25) is 4.79 Å². The van der Waals surface area contributed by atoms with Crippen LogP contribution in [0.1, 0.15) is 43.1 Å². The summed E-state index contributed by atoms with van der Waals surface area (Å²) in [6, 6.07) is 4.64. The first-order valence-corrected chi connectivity index (χ1v) is 5.90. The number of carbonyl (C=O) groups is 1. The minimum absolute atomic E-state index is 0.0385. The van der Waals surface area contributed by atoms with Crippen LogP contribution < -0.4 is 5.32 Å². The second-order valence-corrected chi connectivity index (χ2v) is 5.18. The minimum atomic E-state index is -0.461.